The molecule has 0 radical (unpaired) electrons. The second-order valence-corrected chi connectivity index (χ2v) is 6.18. The van der Waals surface area contributed by atoms with Crippen LogP contribution in [0.25, 0.3) is 0 Å². The molecule has 0 spiro atoms. The molecule has 0 aliphatic rings. The number of carbonyl (C=O) groups excluding carboxylic acids is 2. The van der Waals surface area contributed by atoms with Crippen molar-refractivity contribution < 1.29 is 18.7 Å². The standard InChI is InChI=1S/C24H18FNO3/c1-29-24(28)20-9-5-8-19(16-20)17-26(22-13-11-21(25)12-14-22)23(27)15-10-18-6-3-2-4-7-18/h2-9,11-14,16H,17H2,1H3. The highest BCUT2D eigenvalue weighted by atomic mass is 19.1. The number of hydrogen-bond acceptors (Lipinski definition) is 3. The average Bonchev–Trinajstić information content (AvgIpc) is 2.77. The number of benzene rings is 3. The highest BCUT2D eigenvalue weighted by molar-refractivity contribution is 6.06. The van der Waals surface area contributed by atoms with Crippen molar-refractivity contribution >= 4 is 17.6 Å². The van der Waals surface area contributed by atoms with Gasteiger partial charge in [0, 0.05) is 17.2 Å². The molecule has 0 saturated carbocycles. The Bertz CT molecular complexity index is 1070. The molecule has 3 aromatic carbocycles. The number of rotatable bonds is 4. The van der Waals surface area contributed by atoms with E-state index in [4.69, 9.17) is 4.74 Å². The molecule has 0 aromatic heterocycles. The molecule has 4 nitrogen and oxygen atoms in total. The minimum atomic E-state index is -0.463. The fourth-order valence-electron chi connectivity index (χ4n) is 2.71. The van der Waals surface area contributed by atoms with E-state index in [2.05, 4.69) is 11.8 Å². The van der Waals surface area contributed by atoms with E-state index in [1.54, 1.807) is 24.3 Å². The predicted molar refractivity (Wildman–Crippen MR) is 109 cm³/mol. The highest BCUT2D eigenvalue weighted by Gasteiger charge is 2.16. The van der Waals surface area contributed by atoms with Crippen LogP contribution in [0.15, 0.2) is 78.9 Å². The van der Waals surface area contributed by atoms with Crippen molar-refractivity contribution in [3.05, 3.63) is 101 Å². The summed E-state index contributed by atoms with van der Waals surface area (Å²) in [7, 11) is 1.31. The zero-order chi connectivity index (χ0) is 20.6. The number of esters is 1. The fraction of sp³-hybridized carbons (Fsp3) is 0.0833. The van der Waals surface area contributed by atoms with Gasteiger partial charge in [0.1, 0.15) is 5.82 Å². The van der Waals surface area contributed by atoms with E-state index < -0.39 is 17.7 Å². The summed E-state index contributed by atoms with van der Waals surface area (Å²) in [5, 5.41) is 0. The molecule has 144 valence electrons. The molecule has 0 N–H and O–H groups in total. The number of ether oxygens (including phenoxy) is 1. The monoisotopic (exact) mass is 387 g/mol. The van der Waals surface area contributed by atoms with E-state index in [-0.39, 0.29) is 6.54 Å². The molecule has 0 atom stereocenters. The number of amides is 1. The van der Waals surface area contributed by atoms with E-state index in [1.165, 1.54) is 36.3 Å². The summed E-state index contributed by atoms with van der Waals surface area (Å²) in [5.41, 5.74) is 2.31. The Labute approximate surface area is 168 Å². The second-order valence-electron chi connectivity index (χ2n) is 6.18. The van der Waals surface area contributed by atoms with Gasteiger partial charge in [-0.1, -0.05) is 36.3 Å². The molecule has 3 rings (SSSR count). The molecule has 1 amide bonds. The van der Waals surface area contributed by atoms with Crippen molar-refractivity contribution in [3.8, 4) is 11.8 Å². The average molecular weight is 387 g/mol. The molecule has 0 aliphatic carbocycles. The van der Waals surface area contributed by atoms with Crippen LogP contribution in [0, 0.1) is 17.7 Å². The van der Waals surface area contributed by atoms with Crippen LogP contribution >= 0.6 is 0 Å². The third-order valence-electron chi connectivity index (χ3n) is 4.16. The molecule has 3 aromatic rings. The van der Waals surface area contributed by atoms with Gasteiger partial charge < -0.3 is 4.74 Å². The van der Waals surface area contributed by atoms with E-state index in [9.17, 15) is 14.0 Å². The fourth-order valence-corrected chi connectivity index (χ4v) is 2.71. The summed E-state index contributed by atoms with van der Waals surface area (Å²) in [6, 6.07) is 21.5. The molecule has 0 saturated heterocycles. The summed E-state index contributed by atoms with van der Waals surface area (Å²) < 4.78 is 18.1. The van der Waals surface area contributed by atoms with Crippen LogP contribution in [0.1, 0.15) is 21.5 Å². The number of carbonyl (C=O) groups is 2. The maximum Gasteiger partial charge on any atom is 0.337 e. The molecule has 0 fully saturated rings. The molecular weight excluding hydrogens is 369 g/mol. The van der Waals surface area contributed by atoms with Gasteiger partial charge in [0.2, 0.25) is 0 Å². The Morgan fingerprint density at radius 3 is 2.38 bits per heavy atom. The Balaban J connectivity index is 1.92. The first-order valence-electron chi connectivity index (χ1n) is 8.88. The normalized spacial score (nSPS) is 9.86. The van der Waals surface area contributed by atoms with Crippen LogP contribution in [0.5, 0.6) is 0 Å². The quantitative estimate of drug-likeness (QED) is 0.498. The van der Waals surface area contributed by atoms with Crippen LogP contribution < -0.4 is 4.90 Å². The minimum absolute atomic E-state index is 0.165. The first kappa shape index (κ1) is 19.8. The highest BCUT2D eigenvalue weighted by Crippen LogP contribution is 2.19. The zero-order valence-electron chi connectivity index (χ0n) is 15.8. The summed E-state index contributed by atoms with van der Waals surface area (Å²) in [5.74, 6) is 4.17. The van der Waals surface area contributed by atoms with Gasteiger partial charge in [0.15, 0.2) is 0 Å². The van der Waals surface area contributed by atoms with Crippen LogP contribution in [-0.2, 0) is 16.1 Å². The molecule has 0 heterocycles. The van der Waals surface area contributed by atoms with Gasteiger partial charge in [0.05, 0.1) is 19.2 Å². The Hall–Kier alpha value is -3.91. The topological polar surface area (TPSA) is 46.6 Å². The lowest BCUT2D eigenvalue weighted by atomic mass is 10.1. The predicted octanol–water partition coefficient (Wildman–Crippen LogP) is 4.20. The molecular formula is C24H18FNO3. The molecule has 0 bridgehead atoms. The molecule has 29 heavy (non-hydrogen) atoms. The van der Waals surface area contributed by atoms with Crippen molar-refractivity contribution in [2.45, 2.75) is 6.54 Å². The van der Waals surface area contributed by atoms with Gasteiger partial charge in [0.25, 0.3) is 0 Å². The zero-order valence-corrected chi connectivity index (χ0v) is 15.8. The van der Waals surface area contributed by atoms with Crippen LogP contribution in [0.4, 0.5) is 10.1 Å². The third-order valence-corrected chi connectivity index (χ3v) is 4.16. The van der Waals surface area contributed by atoms with Crippen molar-refractivity contribution in [2.24, 2.45) is 0 Å². The van der Waals surface area contributed by atoms with Gasteiger partial charge in [-0.25, -0.2) is 9.18 Å². The Morgan fingerprint density at radius 1 is 0.966 bits per heavy atom. The molecule has 0 aliphatic heterocycles. The van der Waals surface area contributed by atoms with Crippen molar-refractivity contribution in [1.82, 2.24) is 0 Å². The van der Waals surface area contributed by atoms with Gasteiger partial charge >= 0.3 is 11.9 Å². The SMILES string of the molecule is COC(=O)c1cccc(CN(C(=O)C#Cc2ccccc2)c2ccc(F)cc2)c1. The van der Waals surface area contributed by atoms with Crippen LogP contribution in [-0.4, -0.2) is 19.0 Å². The number of methoxy groups -OCH3 is 1. The van der Waals surface area contributed by atoms with Crippen LogP contribution in [0.2, 0.25) is 0 Å². The van der Waals surface area contributed by atoms with Crippen molar-refractivity contribution in [2.75, 3.05) is 12.0 Å². The van der Waals surface area contributed by atoms with Gasteiger partial charge in [-0.3, -0.25) is 9.69 Å². The van der Waals surface area contributed by atoms with Crippen molar-refractivity contribution in [1.29, 1.82) is 0 Å². The lowest BCUT2D eigenvalue weighted by Crippen LogP contribution is -2.29. The number of halogens is 1. The maximum absolute atomic E-state index is 13.3. The summed E-state index contributed by atoms with van der Waals surface area (Å²) in [4.78, 5) is 26.1. The third kappa shape index (κ3) is 5.30. The summed E-state index contributed by atoms with van der Waals surface area (Å²) in [6.07, 6.45) is 0. The first-order valence-corrected chi connectivity index (χ1v) is 8.88. The van der Waals surface area contributed by atoms with Gasteiger partial charge in [-0.05, 0) is 54.1 Å². The second kappa shape index (κ2) is 9.34. The smallest absolute Gasteiger partial charge is 0.337 e. The van der Waals surface area contributed by atoms with Crippen LogP contribution in [0.3, 0.4) is 0 Å². The molecule has 0 unspecified atom stereocenters. The van der Waals surface area contributed by atoms with E-state index in [1.807, 2.05) is 30.3 Å². The van der Waals surface area contributed by atoms with Gasteiger partial charge in [-0.2, -0.15) is 0 Å². The lowest BCUT2D eigenvalue weighted by Gasteiger charge is -2.21. The summed E-state index contributed by atoms with van der Waals surface area (Å²) in [6.45, 7) is 0.165. The number of nitrogens with zero attached hydrogens (tertiary/aromatic N) is 1. The largest absolute Gasteiger partial charge is 0.465 e. The summed E-state index contributed by atoms with van der Waals surface area (Å²) >= 11 is 0. The van der Waals surface area contributed by atoms with Crippen molar-refractivity contribution in [3.63, 3.8) is 0 Å². The minimum Gasteiger partial charge on any atom is -0.465 e. The van der Waals surface area contributed by atoms with Gasteiger partial charge in [-0.15, -0.1) is 0 Å². The number of anilines is 1. The maximum atomic E-state index is 13.3. The van der Waals surface area contributed by atoms with E-state index in [0.717, 1.165) is 0 Å². The van der Waals surface area contributed by atoms with E-state index >= 15 is 0 Å². The number of hydrogen-bond donors (Lipinski definition) is 0. The molecule has 5 heteroatoms. The Morgan fingerprint density at radius 2 is 1.69 bits per heavy atom. The first-order chi connectivity index (χ1) is 14.1. The Kier molecular flexibility index (Phi) is 6.39. The van der Waals surface area contributed by atoms with E-state index in [0.29, 0.717) is 22.4 Å². The lowest BCUT2D eigenvalue weighted by molar-refractivity contribution is -0.113.